The van der Waals surface area contributed by atoms with Gasteiger partial charge >= 0.3 is 0 Å². The normalized spacial score (nSPS) is 11.1. The van der Waals surface area contributed by atoms with E-state index >= 15 is 0 Å². The van der Waals surface area contributed by atoms with E-state index in [1.165, 1.54) is 0 Å². The van der Waals surface area contributed by atoms with Gasteiger partial charge < -0.3 is 14.2 Å². The summed E-state index contributed by atoms with van der Waals surface area (Å²) < 4.78 is 18.4. The molecule has 0 saturated heterocycles. The van der Waals surface area contributed by atoms with Crippen molar-refractivity contribution in [2.45, 2.75) is 13.5 Å². The molecule has 0 bridgehead atoms. The maximum atomic E-state index is 12.3. The molecule has 4 aromatic carbocycles. The van der Waals surface area contributed by atoms with Crippen LogP contribution in [0.15, 0.2) is 101 Å². The van der Waals surface area contributed by atoms with Crippen molar-refractivity contribution in [2.24, 2.45) is 5.10 Å². The van der Waals surface area contributed by atoms with Crippen LogP contribution in [-0.2, 0) is 11.4 Å². The first-order valence-electron chi connectivity index (χ1n) is 12.5. The Kier molecular flexibility index (Phi) is 8.33. The molecule has 0 aliphatic rings. The topological polar surface area (TPSA) is 82.0 Å². The highest BCUT2D eigenvalue weighted by Gasteiger charge is 2.13. The van der Waals surface area contributed by atoms with E-state index in [4.69, 9.17) is 14.2 Å². The number of benzene rings is 4. The minimum atomic E-state index is -0.390. The Morgan fingerprint density at radius 2 is 1.72 bits per heavy atom. The third kappa shape index (κ3) is 6.35. The molecule has 0 atom stereocenters. The van der Waals surface area contributed by atoms with E-state index in [1.807, 2.05) is 61.5 Å². The summed E-state index contributed by atoms with van der Waals surface area (Å²) in [6.07, 6.45) is 3.23. The predicted octanol–water partition coefficient (Wildman–Crippen LogP) is 6.66. The average Bonchev–Trinajstić information content (AvgIpc) is 2.96. The lowest BCUT2D eigenvalue weighted by atomic mass is 10.1. The molecule has 8 heteroatoms. The first-order chi connectivity index (χ1) is 19.1. The second kappa shape index (κ2) is 12.4. The number of aromatic nitrogens is 1. The van der Waals surface area contributed by atoms with Gasteiger partial charge in [0, 0.05) is 11.6 Å². The molecule has 5 rings (SSSR count). The van der Waals surface area contributed by atoms with E-state index in [-0.39, 0.29) is 6.61 Å². The zero-order valence-electron chi connectivity index (χ0n) is 21.3. The smallest absolute Gasteiger partial charge is 0.277 e. The van der Waals surface area contributed by atoms with E-state index in [0.29, 0.717) is 40.5 Å². The van der Waals surface area contributed by atoms with Gasteiger partial charge in [0.25, 0.3) is 5.91 Å². The molecule has 1 heterocycles. The fraction of sp³-hybridized carbons (Fsp3) is 0.129. The van der Waals surface area contributed by atoms with E-state index in [2.05, 4.69) is 55.7 Å². The molecule has 39 heavy (non-hydrogen) atoms. The Bertz CT molecular complexity index is 1640. The summed E-state index contributed by atoms with van der Waals surface area (Å²) in [5, 5.41) is 7.33. The van der Waals surface area contributed by atoms with Crippen LogP contribution < -0.4 is 19.6 Å². The second-order valence-electron chi connectivity index (χ2n) is 8.60. The highest BCUT2D eigenvalue weighted by atomic mass is 79.9. The molecule has 0 unspecified atom stereocenters. The summed E-state index contributed by atoms with van der Waals surface area (Å²) in [4.78, 5) is 16.7. The number of nitrogens with zero attached hydrogens (tertiary/aromatic N) is 2. The maximum absolute atomic E-state index is 12.3. The van der Waals surface area contributed by atoms with Crippen LogP contribution >= 0.6 is 15.9 Å². The molecule has 5 aromatic rings. The summed E-state index contributed by atoms with van der Waals surface area (Å²) in [6.45, 7) is 2.57. The SMILES string of the molecule is CCOc1cc(/C=N\NC(=O)COc2cccc3cccnc23)cc(Br)c1OCc1cccc2ccccc12. The van der Waals surface area contributed by atoms with Crippen LogP contribution in [0.2, 0.25) is 0 Å². The number of carbonyl (C=O) groups excluding carboxylic acids is 1. The number of carbonyl (C=O) groups is 1. The molecule has 0 fully saturated rings. The second-order valence-corrected chi connectivity index (χ2v) is 9.46. The molecule has 0 radical (unpaired) electrons. The molecule has 1 N–H and O–H groups in total. The first-order valence-corrected chi connectivity index (χ1v) is 13.3. The molecule has 0 spiro atoms. The van der Waals surface area contributed by atoms with Gasteiger partial charge in [0.05, 0.1) is 17.3 Å². The first kappa shape index (κ1) is 26.2. The van der Waals surface area contributed by atoms with Crippen LogP contribution in [0.1, 0.15) is 18.1 Å². The Balaban J connectivity index is 1.23. The van der Waals surface area contributed by atoms with E-state index < -0.39 is 5.91 Å². The third-order valence-electron chi connectivity index (χ3n) is 5.94. The minimum absolute atomic E-state index is 0.193. The van der Waals surface area contributed by atoms with Gasteiger partial charge in [-0.25, -0.2) is 5.43 Å². The molecule has 7 nitrogen and oxygen atoms in total. The molecular formula is C31H26BrN3O4. The Hall–Kier alpha value is -4.43. The van der Waals surface area contributed by atoms with Crippen LogP contribution in [0.4, 0.5) is 0 Å². The molecule has 1 amide bonds. The van der Waals surface area contributed by atoms with Gasteiger partial charge in [-0.1, -0.05) is 60.7 Å². The number of ether oxygens (including phenoxy) is 3. The fourth-order valence-electron chi connectivity index (χ4n) is 4.18. The van der Waals surface area contributed by atoms with Crippen molar-refractivity contribution < 1.29 is 19.0 Å². The lowest BCUT2D eigenvalue weighted by Gasteiger charge is -2.15. The molecule has 0 aliphatic carbocycles. The highest BCUT2D eigenvalue weighted by Crippen LogP contribution is 2.37. The number of hydrogen-bond acceptors (Lipinski definition) is 6. The Labute approximate surface area is 234 Å². The number of hydrazone groups is 1. The van der Waals surface area contributed by atoms with Gasteiger partial charge in [0.2, 0.25) is 0 Å². The van der Waals surface area contributed by atoms with Crippen LogP contribution in [0.3, 0.4) is 0 Å². The van der Waals surface area contributed by atoms with Gasteiger partial charge in [0.1, 0.15) is 17.9 Å². The van der Waals surface area contributed by atoms with Crippen molar-refractivity contribution in [3.8, 4) is 17.2 Å². The predicted molar refractivity (Wildman–Crippen MR) is 157 cm³/mol. The number of pyridine rings is 1. The average molecular weight is 584 g/mol. The van der Waals surface area contributed by atoms with Crippen LogP contribution in [0.5, 0.6) is 17.2 Å². The van der Waals surface area contributed by atoms with Gasteiger partial charge in [-0.05, 0) is 69.0 Å². The number of hydrogen-bond donors (Lipinski definition) is 1. The zero-order chi connectivity index (χ0) is 27.0. The maximum Gasteiger partial charge on any atom is 0.277 e. The van der Waals surface area contributed by atoms with E-state index in [9.17, 15) is 4.79 Å². The summed E-state index contributed by atoms with van der Waals surface area (Å²) in [6, 6.07) is 27.4. The van der Waals surface area contributed by atoms with Gasteiger partial charge in [-0.2, -0.15) is 5.10 Å². The lowest BCUT2D eigenvalue weighted by Crippen LogP contribution is -2.24. The van der Waals surface area contributed by atoms with Crippen LogP contribution in [0, 0.1) is 0 Å². The quantitative estimate of drug-likeness (QED) is 0.147. The number of halogens is 1. The number of para-hydroxylation sites is 1. The van der Waals surface area contributed by atoms with Crippen molar-refractivity contribution in [3.05, 3.63) is 107 Å². The highest BCUT2D eigenvalue weighted by molar-refractivity contribution is 9.10. The van der Waals surface area contributed by atoms with E-state index in [0.717, 1.165) is 27.3 Å². The number of amides is 1. The molecule has 196 valence electrons. The Morgan fingerprint density at radius 3 is 2.62 bits per heavy atom. The van der Waals surface area contributed by atoms with Gasteiger partial charge in [-0.3, -0.25) is 9.78 Å². The largest absolute Gasteiger partial charge is 0.490 e. The summed E-state index contributed by atoms with van der Waals surface area (Å²) in [7, 11) is 0. The van der Waals surface area contributed by atoms with Gasteiger partial charge in [-0.15, -0.1) is 0 Å². The van der Waals surface area contributed by atoms with E-state index in [1.54, 1.807) is 18.5 Å². The standard InChI is InChI=1S/C31H26BrN3O4/c1-2-37-28-17-21(16-26(32)31(28)39-19-24-11-5-9-22-8-3-4-13-25(22)24)18-34-35-29(36)20-38-27-14-6-10-23-12-7-15-33-30(23)27/h3-18H,2,19-20H2,1H3,(H,35,36)/b34-18-. The van der Waals surface area contributed by atoms with Crippen molar-refractivity contribution >= 4 is 49.7 Å². The fourth-order valence-corrected chi connectivity index (χ4v) is 4.76. The zero-order valence-corrected chi connectivity index (χ0v) is 22.9. The number of fused-ring (bicyclic) bond motifs is 2. The summed E-state index contributed by atoms with van der Waals surface area (Å²) in [5.74, 6) is 1.32. The molecular weight excluding hydrogens is 558 g/mol. The minimum Gasteiger partial charge on any atom is -0.490 e. The third-order valence-corrected chi connectivity index (χ3v) is 6.53. The van der Waals surface area contributed by atoms with Crippen LogP contribution in [0.25, 0.3) is 21.7 Å². The molecule has 0 aliphatic heterocycles. The van der Waals surface area contributed by atoms with Crippen molar-refractivity contribution in [1.82, 2.24) is 10.4 Å². The Morgan fingerprint density at radius 1 is 0.923 bits per heavy atom. The van der Waals surface area contributed by atoms with Gasteiger partial charge in [0.15, 0.2) is 18.1 Å². The number of nitrogens with one attached hydrogen (secondary N) is 1. The molecule has 1 aromatic heterocycles. The van der Waals surface area contributed by atoms with Crippen molar-refractivity contribution in [1.29, 1.82) is 0 Å². The lowest BCUT2D eigenvalue weighted by molar-refractivity contribution is -0.123. The molecule has 0 saturated carbocycles. The van der Waals surface area contributed by atoms with Crippen molar-refractivity contribution in [2.75, 3.05) is 13.2 Å². The number of rotatable bonds is 10. The van der Waals surface area contributed by atoms with Crippen LogP contribution in [-0.4, -0.2) is 30.3 Å². The summed E-state index contributed by atoms with van der Waals surface area (Å²) >= 11 is 3.60. The van der Waals surface area contributed by atoms with Crippen molar-refractivity contribution in [3.63, 3.8) is 0 Å². The summed E-state index contributed by atoms with van der Waals surface area (Å²) in [5.41, 5.74) is 5.00. The monoisotopic (exact) mass is 583 g/mol.